The van der Waals surface area contributed by atoms with E-state index in [1.807, 2.05) is 68.4 Å². The van der Waals surface area contributed by atoms with Gasteiger partial charge in [-0.05, 0) is 30.2 Å². The first-order valence-corrected chi connectivity index (χ1v) is 8.78. The third-order valence-corrected chi connectivity index (χ3v) is 3.92. The lowest BCUT2D eigenvalue weighted by Crippen LogP contribution is -2.34. The number of carbonyl (C=O) groups excluding carboxylic acids is 2. The van der Waals surface area contributed by atoms with Crippen LogP contribution < -0.4 is 10.6 Å². The molecule has 2 N–H and O–H groups in total. The zero-order chi connectivity index (χ0) is 18.9. The number of anilines is 1. The SMILES string of the molecule is CC(C)C(=O)Nc1ccc(CNC(=O)C(C)OCc2ccccc2)cc1. The van der Waals surface area contributed by atoms with E-state index in [0.717, 1.165) is 16.8 Å². The number of hydrogen-bond donors (Lipinski definition) is 2. The van der Waals surface area contributed by atoms with E-state index >= 15 is 0 Å². The van der Waals surface area contributed by atoms with Crippen molar-refractivity contribution in [2.75, 3.05) is 5.32 Å². The van der Waals surface area contributed by atoms with Gasteiger partial charge in [0, 0.05) is 18.2 Å². The van der Waals surface area contributed by atoms with E-state index in [0.29, 0.717) is 13.2 Å². The molecule has 2 aromatic carbocycles. The summed E-state index contributed by atoms with van der Waals surface area (Å²) >= 11 is 0. The minimum atomic E-state index is -0.528. The molecule has 0 fully saturated rings. The van der Waals surface area contributed by atoms with Crippen LogP contribution in [0.15, 0.2) is 54.6 Å². The molecule has 2 amide bonds. The van der Waals surface area contributed by atoms with Crippen LogP contribution >= 0.6 is 0 Å². The Morgan fingerprint density at radius 2 is 1.54 bits per heavy atom. The largest absolute Gasteiger partial charge is 0.364 e. The Hall–Kier alpha value is -2.66. The molecule has 0 aliphatic carbocycles. The zero-order valence-corrected chi connectivity index (χ0v) is 15.5. The van der Waals surface area contributed by atoms with Crippen LogP contribution in [0.2, 0.25) is 0 Å². The van der Waals surface area contributed by atoms with Crippen LogP contribution in [0.5, 0.6) is 0 Å². The maximum absolute atomic E-state index is 12.1. The highest BCUT2D eigenvalue weighted by Gasteiger charge is 2.13. The quantitative estimate of drug-likeness (QED) is 0.762. The number of rotatable bonds is 8. The maximum atomic E-state index is 12.1. The highest BCUT2D eigenvalue weighted by atomic mass is 16.5. The van der Waals surface area contributed by atoms with Crippen LogP contribution in [0.4, 0.5) is 5.69 Å². The first-order chi connectivity index (χ1) is 12.5. The van der Waals surface area contributed by atoms with Crippen molar-refractivity contribution in [2.45, 2.75) is 40.0 Å². The Kier molecular flexibility index (Phi) is 7.36. The van der Waals surface area contributed by atoms with E-state index in [9.17, 15) is 9.59 Å². The molecule has 0 spiro atoms. The van der Waals surface area contributed by atoms with Crippen LogP contribution in [0.25, 0.3) is 0 Å². The van der Waals surface area contributed by atoms with Crippen molar-refractivity contribution in [1.29, 1.82) is 0 Å². The molecule has 0 bridgehead atoms. The summed E-state index contributed by atoms with van der Waals surface area (Å²) < 4.78 is 5.60. The van der Waals surface area contributed by atoms with E-state index in [2.05, 4.69) is 10.6 Å². The van der Waals surface area contributed by atoms with Crippen molar-refractivity contribution in [3.63, 3.8) is 0 Å². The second-order valence-electron chi connectivity index (χ2n) is 6.50. The monoisotopic (exact) mass is 354 g/mol. The fraction of sp³-hybridized carbons (Fsp3) is 0.333. The van der Waals surface area contributed by atoms with Gasteiger partial charge in [0.25, 0.3) is 0 Å². The second-order valence-corrected chi connectivity index (χ2v) is 6.50. The molecule has 1 atom stereocenters. The highest BCUT2D eigenvalue weighted by molar-refractivity contribution is 5.92. The molecule has 5 heteroatoms. The molecule has 2 aromatic rings. The average molecular weight is 354 g/mol. The van der Waals surface area contributed by atoms with Crippen LogP contribution in [-0.4, -0.2) is 17.9 Å². The van der Waals surface area contributed by atoms with E-state index in [1.54, 1.807) is 6.92 Å². The van der Waals surface area contributed by atoms with Gasteiger partial charge in [0.2, 0.25) is 11.8 Å². The van der Waals surface area contributed by atoms with Crippen LogP contribution in [0, 0.1) is 5.92 Å². The molecule has 0 aliphatic rings. The highest BCUT2D eigenvalue weighted by Crippen LogP contribution is 2.11. The smallest absolute Gasteiger partial charge is 0.249 e. The van der Waals surface area contributed by atoms with E-state index in [1.165, 1.54) is 0 Å². The first kappa shape index (κ1) is 19.7. The molecule has 138 valence electrons. The Bertz CT molecular complexity index is 712. The van der Waals surface area contributed by atoms with Crippen molar-refractivity contribution < 1.29 is 14.3 Å². The minimum absolute atomic E-state index is 0.0181. The Morgan fingerprint density at radius 3 is 2.15 bits per heavy atom. The summed E-state index contributed by atoms with van der Waals surface area (Å²) in [6.07, 6.45) is -0.528. The second kappa shape index (κ2) is 9.73. The lowest BCUT2D eigenvalue weighted by Gasteiger charge is -2.14. The molecule has 0 aliphatic heterocycles. The molecular weight excluding hydrogens is 328 g/mol. The lowest BCUT2D eigenvalue weighted by atomic mass is 10.1. The van der Waals surface area contributed by atoms with Crippen LogP contribution in [0.3, 0.4) is 0 Å². The molecule has 5 nitrogen and oxygen atoms in total. The van der Waals surface area contributed by atoms with Gasteiger partial charge in [0.15, 0.2) is 0 Å². The summed E-state index contributed by atoms with van der Waals surface area (Å²) in [5, 5.41) is 5.70. The van der Waals surface area contributed by atoms with Gasteiger partial charge >= 0.3 is 0 Å². The van der Waals surface area contributed by atoms with Crippen molar-refractivity contribution in [2.24, 2.45) is 5.92 Å². The van der Waals surface area contributed by atoms with Gasteiger partial charge in [-0.15, -0.1) is 0 Å². The number of ether oxygens (including phenoxy) is 1. The number of carbonyl (C=O) groups is 2. The van der Waals surface area contributed by atoms with Gasteiger partial charge in [-0.3, -0.25) is 9.59 Å². The number of benzene rings is 2. The normalized spacial score (nSPS) is 11.8. The van der Waals surface area contributed by atoms with E-state index in [-0.39, 0.29) is 17.7 Å². The van der Waals surface area contributed by atoms with Gasteiger partial charge < -0.3 is 15.4 Å². The Balaban J connectivity index is 1.76. The summed E-state index contributed by atoms with van der Waals surface area (Å²) in [5.41, 5.74) is 2.74. The molecule has 0 radical (unpaired) electrons. The number of nitrogens with one attached hydrogen (secondary N) is 2. The van der Waals surface area contributed by atoms with Gasteiger partial charge in [-0.2, -0.15) is 0 Å². The van der Waals surface area contributed by atoms with Crippen LogP contribution in [0.1, 0.15) is 31.9 Å². The van der Waals surface area contributed by atoms with Crippen molar-refractivity contribution >= 4 is 17.5 Å². The van der Waals surface area contributed by atoms with Gasteiger partial charge in [-0.25, -0.2) is 0 Å². The fourth-order valence-corrected chi connectivity index (χ4v) is 2.20. The van der Waals surface area contributed by atoms with Gasteiger partial charge in [-0.1, -0.05) is 56.3 Å². The molecule has 0 heterocycles. The first-order valence-electron chi connectivity index (χ1n) is 8.78. The van der Waals surface area contributed by atoms with Crippen molar-refractivity contribution in [3.8, 4) is 0 Å². The molecule has 26 heavy (non-hydrogen) atoms. The molecule has 2 rings (SSSR count). The lowest BCUT2D eigenvalue weighted by molar-refractivity contribution is -0.132. The topological polar surface area (TPSA) is 67.4 Å². The summed E-state index contributed by atoms with van der Waals surface area (Å²) in [6, 6.07) is 17.2. The predicted octanol–water partition coefficient (Wildman–Crippen LogP) is 3.50. The summed E-state index contributed by atoms with van der Waals surface area (Å²) in [5.74, 6) is -0.236. The summed E-state index contributed by atoms with van der Waals surface area (Å²) in [4.78, 5) is 23.8. The van der Waals surface area contributed by atoms with Gasteiger partial charge in [0.05, 0.1) is 6.61 Å². The maximum Gasteiger partial charge on any atom is 0.249 e. The molecule has 0 saturated heterocycles. The molecule has 0 saturated carbocycles. The Morgan fingerprint density at radius 1 is 0.885 bits per heavy atom. The minimum Gasteiger partial charge on any atom is -0.364 e. The van der Waals surface area contributed by atoms with E-state index in [4.69, 9.17) is 4.74 Å². The summed E-state index contributed by atoms with van der Waals surface area (Å²) in [6.45, 7) is 6.25. The molecule has 0 aromatic heterocycles. The van der Waals surface area contributed by atoms with E-state index < -0.39 is 6.10 Å². The standard InChI is InChI=1S/C21H26N2O3/c1-15(2)20(24)23-19-11-9-17(10-12-19)13-22-21(25)16(3)26-14-18-7-5-4-6-8-18/h4-12,15-16H,13-14H2,1-3H3,(H,22,25)(H,23,24). The number of hydrogen-bond acceptors (Lipinski definition) is 3. The van der Waals surface area contributed by atoms with Gasteiger partial charge in [0.1, 0.15) is 6.10 Å². The fourth-order valence-electron chi connectivity index (χ4n) is 2.20. The van der Waals surface area contributed by atoms with Crippen LogP contribution in [-0.2, 0) is 27.5 Å². The van der Waals surface area contributed by atoms with Crippen molar-refractivity contribution in [3.05, 3.63) is 65.7 Å². The number of amides is 2. The average Bonchev–Trinajstić information content (AvgIpc) is 2.66. The summed E-state index contributed by atoms with van der Waals surface area (Å²) in [7, 11) is 0. The molecule has 1 unspecified atom stereocenters. The Labute approximate surface area is 154 Å². The predicted molar refractivity (Wildman–Crippen MR) is 102 cm³/mol. The third kappa shape index (κ3) is 6.33. The zero-order valence-electron chi connectivity index (χ0n) is 15.5. The third-order valence-electron chi connectivity index (χ3n) is 3.92. The van der Waals surface area contributed by atoms with Crippen molar-refractivity contribution in [1.82, 2.24) is 5.32 Å². The molecular formula is C21H26N2O3.